The number of carboxylic acid groups (broad SMARTS) is 2. The molecule has 0 amide bonds. The summed E-state index contributed by atoms with van der Waals surface area (Å²) in [5.41, 5.74) is 0. The van der Waals surface area contributed by atoms with E-state index >= 15 is 0 Å². The molecule has 0 aliphatic carbocycles. The Morgan fingerprint density at radius 3 is 2.11 bits per heavy atom. The van der Waals surface area contributed by atoms with E-state index < -0.39 is 22.3 Å². The van der Waals surface area contributed by atoms with Crippen molar-refractivity contribution in [2.24, 2.45) is 0 Å². The highest BCUT2D eigenvalue weighted by molar-refractivity contribution is 7.80. The Balaban J connectivity index is 0.000000686. The number of unbranched alkanes of at least 4 members (excludes halogenated alkanes) is 9. The average molecular weight is 537 g/mol. The molecule has 1 aliphatic heterocycles. The Bertz CT molecular complexity index is 770. The summed E-state index contributed by atoms with van der Waals surface area (Å²) < 4.78 is 41.2. The van der Waals surface area contributed by atoms with Crippen molar-refractivity contribution in [3.8, 4) is 0 Å². The number of hydrogen-bond donors (Lipinski definition) is 2. The van der Waals surface area contributed by atoms with E-state index in [0.717, 1.165) is 18.7 Å². The highest BCUT2D eigenvalue weighted by atomic mass is 32.3. The highest BCUT2D eigenvalue weighted by Crippen LogP contribution is 2.10. The van der Waals surface area contributed by atoms with Gasteiger partial charge in [-0.3, -0.25) is 13.7 Å². The third-order valence-corrected chi connectivity index (χ3v) is 5.93. The molecule has 0 saturated heterocycles. The van der Waals surface area contributed by atoms with Gasteiger partial charge in [0.1, 0.15) is 26.2 Å². The van der Waals surface area contributed by atoms with Crippen LogP contribution in [-0.2, 0) is 28.9 Å². The van der Waals surface area contributed by atoms with Crippen LogP contribution in [0.2, 0.25) is 0 Å². The first-order valence-electron chi connectivity index (χ1n) is 12.7. The van der Waals surface area contributed by atoms with Crippen molar-refractivity contribution in [3.05, 3.63) is 12.7 Å². The van der Waals surface area contributed by atoms with Gasteiger partial charge in [0.15, 0.2) is 6.54 Å². The molecule has 0 fully saturated rings. The summed E-state index contributed by atoms with van der Waals surface area (Å²) in [6, 6.07) is 0. The first-order valence-corrected chi connectivity index (χ1v) is 14.0. The smallest absolute Gasteiger partial charge is 0.345 e. The normalized spacial score (nSPS) is 13.4. The van der Waals surface area contributed by atoms with Gasteiger partial charge < -0.3 is 19.5 Å². The first-order chi connectivity index (χ1) is 17.1. The Hall–Kier alpha value is -2.02. The van der Waals surface area contributed by atoms with E-state index in [-0.39, 0.29) is 19.8 Å². The van der Waals surface area contributed by atoms with Gasteiger partial charge >= 0.3 is 11.9 Å². The van der Waals surface area contributed by atoms with Gasteiger partial charge in [0, 0.05) is 0 Å². The van der Waals surface area contributed by atoms with Crippen LogP contribution in [0.25, 0.3) is 0 Å². The Morgan fingerprint density at radius 1 is 1.03 bits per heavy atom. The lowest BCUT2D eigenvalue weighted by Gasteiger charge is -2.12. The number of ether oxygens (including phenoxy) is 1. The maximum absolute atomic E-state index is 10.8. The minimum absolute atomic E-state index is 0.0301. The maximum atomic E-state index is 10.8. The molecule has 210 valence electrons. The number of nitrogens with zero attached hydrogens (tertiary/aromatic N) is 2. The van der Waals surface area contributed by atoms with Crippen molar-refractivity contribution in [1.82, 2.24) is 4.90 Å². The number of carboxylic acids is 2. The van der Waals surface area contributed by atoms with Crippen LogP contribution in [0.5, 0.6) is 0 Å². The van der Waals surface area contributed by atoms with Crippen LogP contribution in [0.3, 0.4) is 0 Å². The summed E-state index contributed by atoms with van der Waals surface area (Å²) in [5, 5.41) is 17.3. The first kappa shape index (κ1) is 34.0. The van der Waals surface area contributed by atoms with E-state index in [0.29, 0.717) is 39.1 Å². The zero-order chi connectivity index (χ0) is 27.2. The molecule has 12 heteroatoms. The van der Waals surface area contributed by atoms with Gasteiger partial charge in [0.05, 0.1) is 19.6 Å². The quantitative estimate of drug-likeness (QED) is 0.0735. The van der Waals surface area contributed by atoms with Gasteiger partial charge in [0.2, 0.25) is 10.4 Å². The van der Waals surface area contributed by atoms with Gasteiger partial charge in [0.25, 0.3) is 5.84 Å². The van der Waals surface area contributed by atoms with Crippen molar-refractivity contribution >= 4 is 28.2 Å². The second-order valence-corrected chi connectivity index (χ2v) is 9.62. The van der Waals surface area contributed by atoms with E-state index in [1.807, 2.05) is 4.90 Å². The molecule has 0 bridgehead atoms. The second kappa shape index (κ2) is 21.1. The molecule has 1 heterocycles. The molecule has 0 aromatic heterocycles. The molecule has 2 N–H and O–H groups in total. The average Bonchev–Trinajstić information content (AvgIpc) is 3.15. The predicted octanol–water partition coefficient (Wildman–Crippen LogP) is 2.86. The van der Waals surface area contributed by atoms with Crippen LogP contribution in [0.15, 0.2) is 12.7 Å². The summed E-state index contributed by atoms with van der Waals surface area (Å²) in [5.74, 6) is -0.967. The van der Waals surface area contributed by atoms with Crippen LogP contribution >= 0.6 is 0 Å². The number of carbonyl (C=O) groups is 2. The van der Waals surface area contributed by atoms with E-state index in [2.05, 4.69) is 17.7 Å². The van der Waals surface area contributed by atoms with E-state index in [4.69, 9.17) is 14.9 Å². The number of hydrogen-bond acceptors (Lipinski definition) is 8. The van der Waals surface area contributed by atoms with Crippen molar-refractivity contribution in [2.75, 3.05) is 46.0 Å². The highest BCUT2D eigenvalue weighted by Gasteiger charge is 2.30. The largest absolute Gasteiger partial charge is 0.726 e. The molecule has 36 heavy (non-hydrogen) atoms. The van der Waals surface area contributed by atoms with Crippen molar-refractivity contribution in [3.63, 3.8) is 0 Å². The number of rotatable bonds is 21. The molecule has 0 aromatic carbocycles. The number of amidine groups is 1. The fourth-order valence-electron chi connectivity index (χ4n) is 3.75. The summed E-state index contributed by atoms with van der Waals surface area (Å²) in [6.07, 6.45) is 14.0. The zero-order valence-electron chi connectivity index (χ0n) is 21.6. The molecule has 11 nitrogen and oxygen atoms in total. The summed E-state index contributed by atoms with van der Waals surface area (Å²) >= 11 is 0. The molecule has 0 atom stereocenters. The molecule has 1 aliphatic rings. The molecular weight excluding hydrogens is 492 g/mol. The lowest BCUT2D eigenvalue weighted by molar-refractivity contribution is -0.509. The topological polar surface area (TPSA) is 157 Å². The SMILES string of the molecule is C=CCC1=[N+](CC(=O)O)CCN1CCOCC(=O)O.CCCCCCCCCCCCOS(=O)(=O)[O-]. The number of aliphatic carboxylic acids is 2. The van der Waals surface area contributed by atoms with E-state index in [1.54, 1.807) is 10.7 Å². The molecule has 1 rings (SSSR count). The van der Waals surface area contributed by atoms with Gasteiger partial charge in [-0.15, -0.1) is 6.58 Å². The van der Waals surface area contributed by atoms with Crippen LogP contribution in [-0.4, -0.2) is 96.4 Å². The second-order valence-electron chi connectivity index (χ2n) is 8.57. The molecule has 0 radical (unpaired) electrons. The fourth-order valence-corrected chi connectivity index (χ4v) is 4.07. The van der Waals surface area contributed by atoms with Crippen molar-refractivity contribution in [2.45, 2.75) is 77.6 Å². The van der Waals surface area contributed by atoms with Gasteiger partial charge in [-0.05, 0) is 6.42 Å². The predicted molar refractivity (Wildman–Crippen MR) is 135 cm³/mol. The van der Waals surface area contributed by atoms with E-state index in [1.165, 1.54) is 44.9 Å². The third kappa shape index (κ3) is 20.2. The van der Waals surface area contributed by atoms with Crippen molar-refractivity contribution < 1.29 is 46.3 Å². The standard InChI is InChI=1S/C12H18N2O5.C12H26O4S/c1-2-3-10-13(6-7-19-9-12(17)18)4-5-14(10)8-11(15)16;1-2-3-4-5-6-7-8-9-10-11-12-16-17(13,14)15/h2H,1,3-9H2,(H-,15,16,17,18);2-12H2,1H3,(H,13,14,15). The van der Waals surface area contributed by atoms with Gasteiger partial charge in [-0.25, -0.2) is 18.0 Å². The molecule has 0 spiro atoms. The minimum Gasteiger partial charge on any atom is -0.726 e. The van der Waals surface area contributed by atoms with Crippen LogP contribution in [0.1, 0.15) is 77.6 Å². The Labute approximate surface area is 215 Å². The van der Waals surface area contributed by atoms with E-state index in [9.17, 15) is 22.6 Å². The van der Waals surface area contributed by atoms with Crippen LogP contribution in [0.4, 0.5) is 0 Å². The summed E-state index contributed by atoms with van der Waals surface area (Å²) in [6.45, 7) is 7.77. The van der Waals surface area contributed by atoms with Crippen LogP contribution < -0.4 is 0 Å². The Morgan fingerprint density at radius 2 is 1.61 bits per heavy atom. The molecule has 0 aromatic rings. The van der Waals surface area contributed by atoms with Gasteiger partial charge in [-0.2, -0.15) is 0 Å². The molecule has 0 saturated carbocycles. The summed E-state index contributed by atoms with van der Waals surface area (Å²) in [7, 11) is -4.48. The maximum Gasteiger partial charge on any atom is 0.345 e. The summed E-state index contributed by atoms with van der Waals surface area (Å²) in [4.78, 5) is 23.1. The minimum atomic E-state index is -4.48. The molecular formula is C24H44N2O9S. The fraction of sp³-hybridized carbons (Fsp3) is 0.792. The zero-order valence-corrected chi connectivity index (χ0v) is 22.4. The Kier molecular flexibility index (Phi) is 19.9. The lowest BCUT2D eigenvalue weighted by atomic mass is 10.1. The van der Waals surface area contributed by atoms with Crippen LogP contribution in [0, 0.1) is 0 Å². The van der Waals surface area contributed by atoms with Gasteiger partial charge in [-0.1, -0.05) is 70.8 Å². The third-order valence-electron chi connectivity index (χ3n) is 5.48. The monoisotopic (exact) mass is 536 g/mol. The molecule has 0 unspecified atom stereocenters. The lowest BCUT2D eigenvalue weighted by Crippen LogP contribution is -2.33. The van der Waals surface area contributed by atoms with Crippen molar-refractivity contribution in [1.29, 1.82) is 0 Å².